The highest BCUT2D eigenvalue weighted by molar-refractivity contribution is 8.03. The van der Waals surface area contributed by atoms with Crippen molar-refractivity contribution in [3.05, 3.63) is 22.6 Å². The van der Waals surface area contributed by atoms with Crippen LogP contribution in [-0.2, 0) is 0 Å². The summed E-state index contributed by atoms with van der Waals surface area (Å²) in [5.74, 6) is 0.260. The molecule has 11 heavy (non-hydrogen) atoms. The summed E-state index contributed by atoms with van der Waals surface area (Å²) >= 11 is 1.25. The average Bonchev–Trinajstić information content (AvgIpc) is 2.37. The fourth-order valence-corrected chi connectivity index (χ4v) is 1.16. The van der Waals surface area contributed by atoms with Gasteiger partial charge in [0.1, 0.15) is 0 Å². The maximum absolute atomic E-state index is 7.30. The normalized spacial score (nSPS) is 21.8. The first-order chi connectivity index (χ1) is 5.24. The number of nitrogens with one attached hydrogen (secondary N) is 1. The fraction of sp³-hybridized carbons (Fsp3) is 0.286. The van der Waals surface area contributed by atoms with Crippen molar-refractivity contribution in [1.82, 2.24) is 0 Å². The third-order valence-corrected chi connectivity index (χ3v) is 2.00. The predicted molar refractivity (Wildman–Crippen MR) is 47.7 cm³/mol. The summed E-state index contributed by atoms with van der Waals surface area (Å²) < 4.78 is 3.65. The van der Waals surface area contributed by atoms with Crippen molar-refractivity contribution < 1.29 is 0 Å². The molecule has 1 N–H and O–H groups in total. The molecule has 0 atom stereocenters. The van der Waals surface area contributed by atoms with E-state index in [-0.39, 0.29) is 5.84 Å². The van der Waals surface area contributed by atoms with Crippen LogP contribution in [-0.4, -0.2) is 5.84 Å². The topological polar surface area (TPSA) is 48.6 Å². The van der Waals surface area contributed by atoms with Crippen LogP contribution in [0.4, 0.5) is 0 Å². The molecule has 4 heteroatoms. The molecule has 0 aromatic rings. The van der Waals surface area contributed by atoms with Crippen molar-refractivity contribution in [2.24, 2.45) is 9.63 Å². The summed E-state index contributed by atoms with van der Waals surface area (Å²) in [6, 6.07) is 0. The molecule has 3 nitrogen and oxygen atoms in total. The molecule has 0 bridgehead atoms. The largest absolute Gasteiger partial charge is 0.280 e. The number of hydrogen-bond acceptors (Lipinski definition) is 3. The Labute approximate surface area is 69.9 Å². The predicted octanol–water partition coefficient (Wildman–Crippen LogP) is 2.93. The summed E-state index contributed by atoms with van der Waals surface area (Å²) in [6.45, 7) is 3.95. The molecule has 0 aromatic heterocycles. The Morgan fingerprint density at radius 2 is 2.36 bits per heavy atom. The van der Waals surface area contributed by atoms with Crippen molar-refractivity contribution in [1.29, 1.82) is 5.41 Å². The first-order valence-electron chi connectivity index (χ1n) is 3.25. The Hall–Kier alpha value is -0.900. The summed E-state index contributed by atoms with van der Waals surface area (Å²) in [6.07, 6.45) is 3.89. The van der Waals surface area contributed by atoms with E-state index in [1.54, 1.807) is 0 Å². The first kappa shape index (κ1) is 8.20. The van der Waals surface area contributed by atoms with Gasteiger partial charge in [-0.3, -0.25) is 5.41 Å². The lowest BCUT2D eigenvalue weighted by Gasteiger charge is -1.91. The summed E-state index contributed by atoms with van der Waals surface area (Å²) in [5.41, 5.74) is 1.13. The Morgan fingerprint density at radius 3 is 2.82 bits per heavy atom. The fourth-order valence-electron chi connectivity index (χ4n) is 0.583. The van der Waals surface area contributed by atoms with Crippen LogP contribution in [0.25, 0.3) is 0 Å². The zero-order chi connectivity index (χ0) is 8.27. The number of nitrogens with zero attached hydrogens (tertiary/aromatic N) is 2. The zero-order valence-electron chi connectivity index (χ0n) is 6.46. The second-order valence-electron chi connectivity index (χ2n) is 2.16. The number of hydrogen-bond donors (Lipinski definition) is 1. The average molecular weight is 167 g/mol. The van der Waals surface area contributed by atoms with Crippen LogP contribution in [0.2, 0.25) is 0 Å². The lowest BCUT2D eigenvalue weighted by Crippen LogP contribution is -1.86. The van der Waals surface area contributed by atoms with Crippen LogP contribution in [0, 0.1) is 5.41 Å². The molecule has 0 fully saturated rings. The molecule has 1 heterocycles. The van der Waals surface area contributed by atoms with Gasteiger partial charge in [-0.2, -0.15) is 0 Å². The molecule has 1 aliphatic heterocycles. The van der Waals surface area contributed by atoms with E-state index in [1.807, 2.05) is 26.0 Å². The van der Waals surface area contributed by atoms with E-state index < -0.39 is 0 Å². The standard InChI is InChI=1S/C7H9N3S/c1-3-5(2)4-6-7(8)9-10-11-6/h3-4,8H,1-2H3/b5-3+,6-4+,8-7?. The SMILES string of the molecule is C/C=C(C)/C=C1/SN=NC1=N. The van der Waals surface area contributed by atoms with Crippen LogP contribution in [0.5, 0.6) is 0 Å². The second-order valence-corrected chi connectivity index (χ2v) is 2.95. The van der Waals surface area contributed by atoms with Gasteiger partial charge in [0.15, 0.2) is 5.84 Å². The third-order valence-electron chi connectivity index (χ3n) is 1.33. The van der Waals surface area contributed by atoms with Gasteiger partial charge >= 0.3 is 0 Å². The Kier molecular flexibility index (Phi) is 2.59. The molecule has 0 radical (unpaired) electrons. The van der Waals surface area contributed by atoms with Gasteiger partial charge in [-0.05, 0) is 19.9 Å². The van der Waals surface area contributed by atoms with Crippen molar-refractivity contribution in [2.75, 3.05) is 0 Å². The van der Waals surface area contributed by atoms with Gasteiger partial charge in [0.2, 0.25) is 0 Å². The summed E-state index contributed by atoms with van der Waals surface area (Å²) in [4.78, 5) is 0.820. The number of allylic oxidation sites excluding steroid dienone is 3. The molecular formula is C7H9N3S. The first-order valence-corrected chi connectivity index (χ1v) is 4.03. The molecular weight excluding hydrogens is 158 g/mol. The molecule has 0 saturated heterocycles. The van der Waals surface area contributed by atoms with Crippen LogP contribution >= 0.6 is 11.9 Å². The minimum absolute atomic E-state index is 0.260. The van der Waals surface area contributed by atoms with E-state index in [0.29, 0.717) is 0 Å². The molecule has 1 rings (SSSR count). The van der Waals surface area contributed by atoms with Crippen LogP contribution < -0.4 is 0 Å². The maximum Gasteiger partial charge on any atom is 0.183 e. The zero-order valence-corrected chi connectivity index (χ0v) is 7.27. The van der Waals surface area contributed by atoms with Gasteiger partial charge in [-0.1, -0.05) is 11.6 Å². The molecule has 0 spiro atoms. The van der Waals surface area contributed by atoms with Crippen molar-refractivity contribution >= 4 is 17.8 Å². The lowest BCUT2D eigenvalue weighted by molar-refractivity contribution is 1.37. The van der Waals surface area contributed by atoms with E-state index >= 15 is 0 Å². The molecule has 0 aliphatic carbocycles. The van der Waals surface area contributed by atoms with Crippen LogP contribution in [0.15, 0.2) is 32.3 Å². The van der Waals surface area contributed by atoms with Gasteiger partial charge in [0.25, 0.3) is 0 Å². The number of amidine groups is 1. The highest BCUT2D eigenvalue weighted by Crippen LogP contribution is 2.26. The Bertz CT molecular complexity index is 263. The van der Waals surface area contributed by atoms with Gasteiger partial charge < -0.3 is 0 Å². The smallest absolute Gasteiger partial charge is 0.183 e. The highest BCUT2D eigenvalue weighted by atomic mass is 32.2. The van der Waals surface area contributed by atoms with Crippen molar-refractivity contribution in [2.45, 2.75) is 13.8 Å². The van der Waals surface area contributed by atoms with Crippen molar-refractivity contribution in [3.63, 3.8) is 0 Å². The van der Waals surface area contributed by atoms with Gasteiger partial charge in [-0.25, -0.2) is 0 Å². The van der Waals surface area contributed by atoms with Gasteiger partial charge in [0, 0.05) is 11.9 Å². The second kappa shape index (κ2) is 3.48. The molecule has 0 amide bonds. The summed E-state index contributed by atoms with van der Waals surface area (Å²) in [5, 5.41) is 10.9. The van der Waals surface area contributed by atoms with Gasteiger partial charge in [-0.15, -0.1) is 9.63 Å². The Balaban J connectivity index is 2.77. The molecule has 1 aliphatic rings. The Morgan fingerprint density at radius 1 is 1.64 bits per heavy atom. The lowest BCUT2D eigenvalue weighted by atomic mass is 10.2. The van der Waals surface area contributed by atoms with Gasteiger partial charge in [0.05, 0.1) is 4.91 Å². The van der Waals surface area contributed by atoms with E-state index in [1.165, 1.54) is 11.9 Å². The number of rotatable bonds is 1. The minimum atomic E-state index is 0.260. The van der Waals surface area contributed by atoms with E-state index in [9.17, 15) is 0 Å². The van der Waals surface area contributed by atoms with Crippen molar-refractivity contribution in [3.8, 4) is 0 Å². The quantitative estimate of drug-likeness (QED) is 0.600. The monoisotopic (exact) mass is 167 g/mol. The molecule has 0 saturated carbocycles. The molecule has 0 aromatic carbocycles. The van der Waals surface area contributed by atoms with Crippen LogP contribution in [0.1, 0.15) is 13.8 Å². The van der Waals surface area contributed by atoms with E-state index in [2.05, 4.69) is 9.63 Å². The van der Waals surface area contributed by atoms with Crippen LogP contribution in [0.3, 0.4) is 0 Å². The summed E-state index contributed by atoms with van der Waals surface area (Å²) in [7, 11) is 0. The van der Waals surface area contributed by atoms with E-state index in [4.69, 9.17) is 5.41 Å². The van der Waals surface area contributed by atoms with E-state index in [0.717, 1.165) is 10.5 Å². The third kappa shape index (κ3) is 2.01. The molecule has 0 unspecified atom stereocenters. The maximum atomic E-state index is 7.30. The highest BCUT2D eigenvalue weighted by Gasteiger charge is 2.10. The molecule has 58 valence electrons. The minimum Gasteiger partial charge on any atom is -0.280 e.